The maximum atomic E-state index is 11.5. The van der Waals surface area contributed by atoms with Crippen LogP contribution in [0.3, 0.4) is 0 Å². The maximum Gasteiger partial charge on any atom is 0.278 e. The molecular weight excluding hydrogens is 776 g/mol. The fraction of sp³-hybridized carbons (Fsp3) is 0.667. The van der Waals surface area contributed by atoms with E-state index in [1.165, 1.54) is 45.6 Å². The molecule has 0 spiro atoms. The highest BCUT2D eigenvalue weighted by Crippen LogP contribution is 2.37. The van der Waals surface area contributed by atoms with Crippen molar-refractivity contribution in [3.63, 3.8) is 0 Å². The van der Waals surface area contributed by atoms with Gasteiger partial charge in [0.15, 0.2) is 35.6 Å². The van der Waals surface area contributed by atoms with Gasteiger partial charge in [-0.1, -0.05) is 6.92 Å². The Kier molecular flexibility index (Phi) is 18.0. The lowest BCUT2D eigenvalue weighted by Gasteiger charge is -2.48. The zero-order valence-corrected chi connectivity index (χ0v) is 32.7. The first kappa shape index (κ1) is 46.6. The second kappa shape index (κ2) is 22.4. The standard InChI is InChI=1S/C36H54N4O18/c1-19-28(17-43)56-36(31(32(19)44)38-7-5-9-54-26-13-22(39(46)47)20(15-41)11-24(26)50-2)58-34-29(57-35(52-4)30(37)33(34)45)18-53-8-6-10-55-27-14-23(40(48)49)21(16-42)12-25(27)51-3/h11-14,19,28-36,38,41-45H,5-10,15-18,37H2,1-4H3. The normalized spacial score (nSPS) is 27.2. The lowest BCUT2D eigenvalue weighted by Crippen LogP contribution is -2.67. The molecule has 2 aromatic rings. The number of hydrogen-bond donors (Lipinski definition) is 7. The average molecular weight is 831 g/mol. The first-order valence-electron chi connectivity index (χ1n) is 18.5. The molecule has 22 nitrogen and oxygen atoms in total. The van der Waals surface area contributed by atoms with Gasteiger partial charge < -0.3 is 79.2 Å². The third-order valence-corrected chi connectivity index (χ3v) is 9.91. The Morgan fingerprint density at radius 1 is 0.776 bits per heavy atom. The van der Waals surface area contributed by atoms with Crippen LogP contribution >= 0.6 is 0 Å². The van der Waals surface area contributed by atoms with Crippen LogP contribution < -0.4 is 30.0 Å². The minimum Gasteiger partial charge on any atom is -0.493 e. The van der Waals surface area contributed by atoms with Gasteiger partial charge in [-0.25, -0.2) is 0 Å². The van der Waals surface area contributed by atoms with E-state index in [1.807, 2.05) is 0 Å². The van der Waals surface area contributed by atoms with Crippen LogP contribution in [0.2, 0.25) is 0 Å². The van der Waals surface area contributed by atoms with E-state index >= 15 is 0 Å². The fourth-order valence-corrected chi connectivity index (χ4v) is 6.63. The highest BCUT2D eigenvalue weighted by Gasteiger charge is 2.50. The molecule has 0 radical (unpaired) electrons. The summed E-state index contributed by atoms with van der Waals surface area (Å²) in [6.07, 6.45) is -7.05. The Bertz CT molecular complexity index is 1640. The molecule has 2 aliphatic heterocycles. The summed E-state index contributed by atoms with van der Waals surface area (Å²) in [5.41, 5.74) is 5.74. The zero-order valence-electron chi connectivity index (χ0n) is 32.7. The van der Waals surface area contributed by atoms with Gasteiger partial charge in [0.2, 0.25) is 0 Å². The summed E-state index contributed by atoms with van der Waals surface area (Å²) in [5, 5.41) is 77.9. The van der Waals surface area contributed by atoms with Gasteiger partial charge in [-0.2, -0.15) is 0 Å². The van der Waals surface area contributed by atoms with Crippen LogP contribution in [0.4, 0.5) is 11.4 Å². The van der Waals surface area contributed by atoms with Crippen molar-refractivity contribution >= 4 is 11.4 Å². The number of methoxy groups -OCH3 is 3. The fourth-order valence-electron chi connectivity index (χ4n) is 6.63. The molecule has 4 rings (SSSR count). The summed E-state index contributed by atoms with van der Waals surface area (Å²) in [6.45, 7) is 0.507. The van der Waals surface area contributed by atoms with Crippen LogP contribution in [0.25, 0.3) is 0 Å². The molecule has 2 aromatic carbocycles. The molecule has 0 bridgehead atoms. The predicted molar refractivity (Wildman–Crippen MR) is 199 cm³/mol. The number of nitrogens with one attached hydrogen (secondary N) is 1. The highest BCUT2D eigenvalue weighted by atomic mass is 16.7. The molecule has 8 N–H and O–H groups in total. The van der Waals surface area contributed by atoms with Crippen LogP contribution in [0, 0.1) is 26.1 Å². The minimum atomic E-state index is -1.36. The van der Waals surface area contributed by atoms with Gasteiger partial charge in [0, 0.05) is 26.1 Å². The molecule has 10 unspecified atom stereocenters. The second-order valence-electron chi connectivity index (χ2n) is 13.6. The number of nitrogens with two attached hydrogens (primary N) is 1. The molecule has 0 saturated carbocycles. The van der Waals surface area contributed by atoms with Gasteiger partial charge >= 0.3 is 0 Å². The number of rotatable bonds is 23. The van der Waals surface area contributed by atoms with Crippen molar-refractivity contribution in [2.75, 3.05) is 60.9 Å². The van der Waals surface area contributed by atoms with Crippen molar-refractivity contribution in [1.29, 1.82) is 0 Å². The van der Waals surface area contributed by atoms with Gasteiger partial charge in [0.05, 0.1) is 111 Å². The van der Waals surface area contributed by atoms with Gasteiger partial charge in [-0.15, -0.1) is 0 Å². The largest absolute Gasteiger partial charge is 0.493 e. The zero-order chi connectivity index (χ0) is 42.5. The van der Waals surface area contributed by atoms with Crippen molar-refractivity contribution in [3.05, 3.63) is 55.6 Å². The van der Waals surface area contributed by atoms with Crippen molar-refractivity contribution in [1.82, 2.24) is 5.32 Å². The topological polar surface area (TPSA) is 309 Å². The Balaban J connectivity index is 1.39. The van der Waals surface area contributed by atoms with E-state index in [0.29, 0.717) is 12.8 Å². The molecule has 2 aliphatic rings. The first-order chi connectivity index (χ1) is 27.8. The molecule has 0 aliphatic carbocycles. The predicted octanol–water partition coefficient (Wildman–Crippen LogP) is -0.123. The van der Waals surface area contributed by atoms with Crippen molar-refractivity contribution in [3.8, 4) is 23.0 Å². The third kappa shape index (κ3) is 11.4. The summed E-state index contributed by atoms with van der Waals surface area (Å²) in [7, 11) is 4.09. The SMILES string of the molecule is COc1cc(CO)c([N+](=O)[O-])cc1OCCCNC1C(OC2C(COCCCOc3cc([N+](=O)[O-])c(CO)cc3OC)OC(OC)C(N)C2O)OC(CO)C(C)C1O. The quantitative estimate of drug-likeness (QED) is 0.0436. The number of nitro groups is 2. The van der Waals surface area contributed by atoms with Crippen LogP contribution in [-0.4, -0.2) is 151 Å². The molecule has 0 aromatic heterocycles. The number of aliphatic hydroxyl groups is 5. The summed E-state index contributed by atoms with van der Waals surface area (Å²) in [6, 6.07) is 3.06. The maximum absolute atomic E-state index is 11.5. The highest BCUT2D eigenvalue weighted by molar-refractivity contribution is 5.55. The van der Waals surface area contributed by atoms with E-state index < -0.39 is 90.8 Å². The summed E-state index contributed by atoms with van der Waals surface area (Å²) in [5.74, 6) is 0.0721. The third-order valence-electron chi connectivity index (χ3n) is 9.91. The molecule has 2 fully saturated rings. The number of nitrogens with zero attached hydrogens (tertiary/aromatic N) is 2. The molecule has 10 atom stereocenters. The van der Waals surface area contributed by atoms with Crippen LogP contribution in [-0.2, 0) is 36.9 Å². The number of ether oxygens (including phenoxy) is 9. The molecule has 58 heavy (non-hydrogen) atoms. The van der Waals surface area contributed by atoms with E-state index in [-0.39, 0.29) is 78.5 Å². The average Bonchev–Trinajstić information content (AvgIpc) is 3.22. The van der Waals surface area contributed by atoms with Gasteiger partial charge in [-0.3, -0.25) is 20.2 Å². The first-order valence-corrected chi connectivity index (χ1v) is 18.5. The lowest BCUT2D eigenvalue weighted by molar-refractivity contribution is -0.386. The van der Waals surface area contributed by atoms with E-state index in [2.05, 4.69) is 5.32 Å². The van der Waals surface area contributed by atoms with E-state index in [1.54, 1.807) is 6.92 Å². The Morgan fingerprint density at radius 3 is 1.83 bits per heavy atom. The Hall–Kier alpha value is -4.04. The number of aliphatic hydroxyl groups excluding tert-OH is 5. The van der Waals surface area contributed by atoms with E-state index in [0.717, 1.165) is 0 Å². The molecular formula is C36H54N4O18. The van der Waals surface area contributed by atoms with Gasteiger partial charge in [0.1, 0.15) is 18.3 Å². The Labute approximate surface area is 333 Å². The minimum absolute atomic E-state index is 0.0647. The van der Waals surface area contributed by atoms with E-state index in [9.17, 15) is 45.8 Å². The van der Waals surface area contributed by atoms with Gasteiger partial charge in [-0.05, 0) is 25.1 Å². The summed E-state index contributed by atoms with van der Waals surface area (Å²) in [4.78, 5) is 21.7. The molecule has 2 heterocycles. The van der Waals surface area contributed by atoms with Crippen molar-refractivity contribution in [2.45, 2.75) is 88.2 Å². The van der Waals surface area contributed by atoms with Crippen LogP contribution in [0.15, 0.2) is 24.3 Å². The summed E-state index contributed by atoms with van der Waals surface area (Å²) < 4.78 is 51.7. The smallest absolute Gasteiger partial charge is 0.278 e. The van der Waals surface area contributed by atoms with Gasteiger partial charge in [0.25, 0.3) is 11.4 Å². The van der Waals surface area contributed by atoms with E-state index in [4.69, 9.17) is 48.4 Å². The molecule has 0 amide bonds. The molecule has 326 valence electrons. The van der Waals surface area contributed by atoms with Crippen molar-refractivity contribution < 1.29 is 78.0 Å². The summed E-state index contributed by atoms with van der Waals surface area (Å²) >= 11 is 0. The number of nitro benzene ring substituents is 2. The molecule has 2 saturated heterocycles. The monoisotopic (exact) mass is 830 g/mol. The number of hydrogen-bond acceptors (Lipinski definition) is 20. The lowest BCUT2D eigenvalue weighted by atomic mass is 9.89. The Morgan fingerprint density at radius 2 is 1.33 bits per heavy atom. The second-order valence-corrected chi connectivity index (χ2v) is 13.6. The van der Waals surface area contributed by atoms with Crippen LogP contribution in [0.1, 0.15) is 30.9 Å². The van der Waals surface area contributed by atoms with Crippen molar-refractivity contribution in [2.24, 2.45) is 11.7 Å². The number of benzene rings is 2. The molecule has 22 heteroatoms. The van der Waals surface area contributed by atoms with Crippen LogP contribution in [0.5, 0.6) is 23.0 Å².